The van der Waals surface area contributed by atoms with E-state index in [4.69, 9.17) is 0 Å². The highest BCUT2D eigenvalue weighted by Crippen LogP contribution is 2.24. The number of sulfonamides is 1. The number of amides is 1. The maximum Gasteiger partial charge on any atom is 0.243 e. The Hall–Kier alpha value is -2.97. The minimum absolute atomic E-state index is 0.109. The average molecular weight is 439 g/mol. The molecule has 1 fully saturated rings. The molecule has 1 saturated heterocycles. The minimum atomic E-state index is -3.58. The summed E-state index contributed by atoms with van der Waals surface area (Å²) < 4.78 is 29.2. The first-order valence-electron chi connectivity index (χ1n) is 10.4. The zero-order chi connectivity index (χ0) is 21.8. The van der Waals surface area contributed by atoms with Gasteiger partial charge in [0.25, 0.3) is 0 Å². The van der Waals surface area contributed by atoms with E-state index >= 15 is 0 Å². The zero-order valence-corrected chi connectivity index (χ0v) is 18.3. The second-order valence-corrected chi connectivity index (χ2v) is 9.68. The molecule has 1 aliphatic rings. The van der Waals surface area contributed by atoms with Crippen LogP contribution in [0.4, 0.5) is 0 Å². The third-order valence-electron chi connectivity index (χ3n) is 5.64. The van der Waals surface area contributed by atoms with Crippen molar-refractivity contribution >= 4 is 15.9 Å². The van der Waals surface area contributed by atoms with Crippen molar-refractivity contribution in [3.8, 4) is 5.69 Å². The van der Waals surface area contributed by atoms with E-state index in [1.807, 2.05) is 42.0 Å². The number of benzene rings is 2. The summed E-state index contributed by atoms with van der Waals surface area (Å²) in [4.78, 5) is 17.2. The normalized spacial score (nSPS) is 17.4. The molecule has 1 unspecified atom stereocenters. The van der Waals surface area contributed by atoms with Crippen LogP contribution in [0.3, 0.4) is 0 Å². The molecule has 1 aromatic heterocycles. The van der Waals surface area contributed by atoms with E-state index in [1.165, 1.54) is 4.31 Å². The highest BCUT2D eigenvalue weighted by molar-refractivity contribution is 7.89. The van der Waals surface area contributed by atoms with Crippen molar-refractivity contribution in [3.05, 3.63) is 78.4 Å². The lowest BCUT2D eigenvalue weighted by molar-refractivity contribution is -0.126. The van der Waals surface area contributed by atoms with Gasteiger partial charge in [-0.25, -0.2) is 13.4 Å². The number of hydrogen-bond acceptors (Lipinski definition) is 4. The molecule has 1 N–H and O–H groups in total. The van der Waals surface area contributed by atoms with E-state index in [0.717, 1.165) is 17.1 Å². The van der Waals surface area contributed by atoms with Crippen LogP contribution in [0.5, 0.6) is 0 Å². The van der Waals surface area contributed by atoms with Gasteiger partial charge in [-0.15, -0.1) is 0 Å². The summed E-state index contributed by atoms with van der Waals surface area (Å²) in [6.45, 7) is 3.00. The number of aromatic nitrogens is 2. The van der Waals surface area contributed by atoms with E-state index in [0.29, 0.717) is 25.9 Å². The number of nitrogens with one attached hydrogen (secondary N) is 1. The van der Waals surface area contributed by atoms with Gasteiger partial charge in [-0.3, -0.25) is 4.79 Å². The first kappa shape index (κ1) is 21.3. The summed E-state index contributed by atoms with van der Waals surface area (Å²) >= 11 is 0. The van der Waals surface area contributed by atoms with Gasteiger partial charge < -0.3 is 9.88 Å². The highest BCUT2D eigenvalue weighted by atomic mass is 32.2. The molecule has 0 spiro atoms. The Kier molecular flexibility index (Phi) is 6.20. The molecule has 3 aromatic rings. The standard InChI is InChI=1S/C23H26N4O3S/c1-18-24-13-15-27(18)21-11-9-19(10-12-21)16-25-23(28)20-6-5-14-26(17-20)31(29,30)22-7-3-2-4-8-22/h2-4,7-13,15,20H,5-6,14,16-17H2,1H3,(H,25,28). The number of hydrogen-bond donors (Lipinski definition) is 1. The molecule has 162 valence electrons. The summed E-state index contributed by atoms with van der Waals surface area (Å²) in [7, 11) is -3.58. The van der Waals surface area contributed by atoms with E-state index in [9.17, 15) is 13.2 Å². The largest absolute Gasteiger partial charge is 0.352 e. The third kappa shape index (κ3) is 4.70. The Morgan fingerprint density at radius 1 is 1.13 bits per heavy atom. The lowest BCUT2D eigenvalue weighted by Gasteiger charge is -2.31. The van der Waals surface area contributed by atoms with E-state index in [-0.39, 0.29) is 23.3 Å². The van der Waals surface area contributed by atoms with Gasteiger partial charge in [-0.05, 0) is 49.6 Å². The lowest BCUT2D eigenvalue weighted by atomic mass is 9.99. The number of imidazole rings is 1. The van der Waals surface area contributed by atoms with Crippen LogP contribution in [-0.2, 0) is 21.4 Å². The van der Waals surface area contributed by atoms with Crippen LogP contribution in [0.15, 0.2) is 71.9 Å². The van der Waals surface area contributed by atoms with Gasteiger partial charge in [-0.2, -0.15) is 4.31 Å². The van der Waals surface area contributed by atoms with Crippen LogP contribution in [0, 0.1) is 12.8 Å². The van der Waals surface area contributed by atoms with Crippen LogP contribution in [0.2, 0.25) is 0 Å². The highest BCUT2D eigenvalue weighted by Gasteiger charge is 2.33. The van der Waals surface area contributed by atoms with Gasteiger partial charge in [-0.1, -0.05) is 30.3 Å². The first-order chi connectivity index (χ1) is 14.9. The Morgan fingerprint density at radius 3 is 2.55 bits per heavy atom. The minimum Gasteiger partial charge on any atom is -0.352 e. The van der Waals surface area contributed by atoms with Crippen molar-refractivity contribution < 1.29 is 13.2 Å². The van der Waals surface area contributed by atoms with Crippen LogP contribution < -0.4 is 5.32 Å². The summed E-state index contributed by atoms with van der Waals surface area (Å²) in [5, 5.41) is 2.97. The van der Waals surface area contributed by atoms with Crippen molar-refractivity contribution in [2.75, 3.05) is 13.1 Å². The van der Waals surface area contributed by atoms with Crippen molar-refractivity contribution in [1.29, 1.82) is 0 Å². The van der Waals surface area contributed by atoms with Gasteiger partial charge in [0.1, 0.15) is 5.82 Å². The molecule has 0 bridgehead atoms. The van der Waals surface area contributed by atoms with Gasteiger partial charge >= 0.3 is 0 Å². The van der Waals surface area contributed by atoms with E-state index < -0.39 is 10.0 Å². The predicted molar refractivity (Wildman–Crippen MR) is 118 cm³/mol. The van der Waals surface area contributed by atoms with E-state index in [2.05, 4.69) is 10.3 Å². The lowest BCUT2D eigenvalue weighted by Crippen LogP contribution is -2.45. The molecule has 2 heterocycles. The van der Waals surface area contributed by atoms with Gasteiger partial charge in [0.15, 0.2) is 0 Å². The van der Waals surface area contributed by atoms with Gasteiger partial charge in [0.2, 0.25) is 15.9 Å². The van der Waals surface area contributed by atoms with Crippen LogP contribution in [-0.4, -0.2) is 41.3 Å². The number of carbonyl (C=O) groups is 1. The number of piperidine rings is 1. The summed E-state index contributed by atoms with van der Waals surface area (Å²) in [5.41, 5.74) is 2.00. The molecule has 7 nitrogen and oxygen atoms in total. The average Bonchev–Trinajstić information content (AvgIpc) is 3.24. The van der Waals surface area contributed by atoms with Crippen molar-refractivity contribution in [3.63, 3.8) is 0 Å². The van der Waals surface area contributed by atoms with Crippen LogP contribution in [0.25, 0.3) is 5.69 Å². The molecule has 1 atom stereocenters. The molecular formula is C23H26N4O3S. The van der Waals surface area contributed by atoms with Crippen molar-refractivity contribution in [2.24, 2.45) is 5.92 Å². The Balaban J connectivity index is 1.36. The van der Waals surface area contributed by atoms with E-state index in [1.54, 1.807) is 36.5 Å². The fraction of sp³-hybridized carbons (Fsp3) is 0.304. The maximum absolute atomic E-state index is 12.9. The Morgan fingerprint density at radius 2 is 1.87 bits per heavy atom. The quantitative estimate of drug-likeness (QED) is 0.641. The fourth-order valence-electron chi connectivity index (χ4n) is 3.88. The zero-order valence-electron chi connectivity index (χ0n) is 17.4. The molecule has 0 aliphatic carbocycles. The smallest absolute Gasteiger partial charge is 0.243 e. The number of nitrogens with zero attached hydrogens (tertiary/aromatic N) is 3. The second kappa shape index (κ2) is 9.03. The number of carbonyl (C=O) groups excluding carboxylic acids is 1. The first-order valence-corrected chi connectivity index (χ1v) is 11.8. The topological polar surface area (TPSA) is 84.3 Å². The molecule has 4 rings (SSSR count). The maximum atomic E-state index is 12.9. The van der Waals surface area contributed by atoms with Crippen LogP contribution >= 0.6 is 0 Å². The summed E-state index contributed by atoms with van der Waals surface area (Å²) in [6, 6.07) is 16.3. The molecule has 0 saturated carbocycles. The fourth-order valence-corrected chi connectivity index (χ4v) is 5.42. The molecule has 0 radical (unpaired) electrons. The number of aryl methyl sites for hydroxylation is 1. The van der Waals surface area contributed by atoms with Crippen molar-refractivity contribution in [2.45, 2.75) is 31.2 Å². The molecular weight excluding hydrogens is 412 g/mol. The van der Waals surface area contributed by atoms with Gasteiger partial charge in [0.05, 0.1) is 10.8 Å². The molecule has 8 heteroatoms. The molecule has 1 aliphatic heterocycles. The summed E-state index contributed by atoms with van der Waals surface area (Å²) in [5.74, 6) is 0.455. The predicted octanol–water partition coefficient (Wildman–Crippen LogP) is 2.90. The Labute approximate surface area is 182 Å². The SMILES string of the molecule is Cc1nccn1-c1ccc(CNC(=O)C2CCCN(S(=O)(=O)c3ccccc3)C2)cc1. The monoisotopic (exact) mass is 438 g/mol. The molecule has 1 amide bonds. The number of rotatable bonds is 6. The van der Waals surface area contributed by atoms with Gasteiger partial charge in [0, 0.05) is 37.7 Å². The molecule has 31 heavy (non-hydrogen) atoms. The van der Waals surface area contributed by atoms with Crippen LogP contribution in [0.1, 0.15) is 24.2 Å². The summed E-state index contributed by atoms with van der Waals surface area (Å²) in [6.07, 6.45) is 5.02. The molecule has 2 aromatic carbocycles. The van der Waals surface area contributed by atoms with Crippen molar-refractivity contribution in [1.82, 2.24) is 19.2 Å². The second-order valence-electron chi connectivity index (χ2n) is 7.74. The third-order valence-corrected chi connectivity index (χ3v) is 7.52. The Bertz CT molecular complexity index is 1140.